The lowest BCUT2D eigenvalue weighted by molar-refractivity contribution is -0.156. The SMILES string of the molecule is CCOC(=O)[C@H]1[C@H]2[C@@H]1[C@](NC(=O)[C@H](C)NC(=O)CNC(=O)OC(C)(C)C)(C(=O)OCC)C[C@@H]2O. The first-order valence-electron chi connectivity index (χ1n) is 11.4. The first-order valence-corrected chi connectivity index (χ1v) is 11.4. The maximum absolute atomic E-state index is 12.9. The highest BCUT2D eigenvalue weighted by molar-refractivity contribution is 5.95. The molecule has 0 aliphatic heterocycles. The van der Waals surface area contributed by atoms with Crippen LogP contribution in [0.4, 0.5) is 4.79 Å². The second-order valence-corrected chi connectivity index (χ2v) is 9.48. The van der Waals surface area contributed by atoms with Crippen molar-refractivity contribution < 1.29 is 43.3 Å². The summed E-state index contributed by atoms with van der Waals surface area (Å²) in [6.07, 6.45) is -1.92. The molecular formula is C22H35N3O9. The van der Waals surface area contributed by atoms with E-state index < -0.39 is 77.4 Å². The Morgan fingerprint density at radius 3 is 2.26 bits per heavy atom. The van der Waals surface area contributed by atoms with Crippen LogP contribution >= 0.6 is 0 Å². The third-order valence-electron chi connectivity index (χ3n) is 5.73. The molecule has 0 spiro atoms. The van der Waals surface area contributed by atoms with Gasteiger partial charge in [-0.05, 0) is 41.5 Å². The lowest BCUT2D eigenvalue weighted by atomic mass is 9.89. The van der Waals surface area contributed by atoms with Gasteiger partial charge in [0.15, 0.2) is 0 Å². The van der Waals surface area contributed by atoms with Crippen LogP contribution in [0.1, 0.15) is 48.0 Å². The van der Waals surface area contributed by atoms with Crippen LogP contribution in [-0.4, -0.2) is 78.0 Å². The largest absolute Gasteiger partial charge is 0.466 e. The molecule has 192 valence electrons. The molecule has 12 nitrogen and oxygen atoms in total. The summed E-state index contributed by atoms with van der Waals surface area (Å²) in [6.45, 7) is 9.43. The van der Waals surface area contributed by atoms with E-state index in [4.69, 9.17) is 14.2 Å². The van der Waals surface area contributed by atoms with Crippen molar-refractivity contribution in [2.45, 2.75) is 71.2 Å². The molecule has 6 atom stereocenters. The van der Waals surface area contributed by atoms with Crippen molar-refractivity contribution in [2.24, 2.45) is 17.8 Å². The summed E-state index contributed by atoms with van der Waals surface area (Å²) in [5, 5.41) is 17.8. The number of nitrogens with one attached hydrogen (secondary N) is 3. The van der Waals surface area contributed by atoms with Gasteiger partial charge in [-0.15, -0.1) is 0 Å². The predicted octanol–water partition coefficient (Wildman–Crippen LogP) is -0.376. The Morgan fingerprint density at radius 2 is 1.71 bits per heavy atom. The second-order valence-electron chi connectivity index (χ2n) is 9.48. The van der Waals surface area contributed by atoms with Gasteiger partial charge in [0.2, 0.25) is 11.8 Å². The summed E-state index contributed by atoms with van der Waals surface area (Å²) in [4.78, 5) is 62.0. The van der Waals surface area contributed by atoms with E-state index in [1.807, 2.05) is 0 Å². The fourth-order valence-electron chi connectivity index (χ4n) is 4.41. The van der Waals surface area contributed by atoms with Crippen LogP contribution in [0.2, 0.25) is 0 Å². The standard InChI is InChI=1S/C22H35N3O9/c1-7-32-18(29)15-14-12(26)9-22(16(14)15,19(30)33-8-2)25-17(28)11(3)24-13(27)10-23-20(31)34-21(4,5)6/h11-12,14-16,26H,7-10H2,1-6H3,(H,23,31)(H,24,27)(H,25,28)/t11-,12-,14-,15-,16-,22-/m0/s1. The summed E-state index contributed by atoms with van der Waals surface area (Å²) in [5.41, 5.74) is -2.36. The topological polar surface area (TPSA) is 169 Å². The van der Waals surface area contributed by atoms with Crippen LogP contribution < -0.4 is 16.0 Å². The number of fused-ring (bicyclic) bond motifs is 1. The van der Waals surface area contributed by atoms with Gasteiger partial charge in [0.25, 0.3) is 0 Å². The zero-order chi connectivity index (χ0) is 25.8. The van der Waals surface area contributed by atoms with Crippen LogP contribution in [0.25, 0.3) is 0 Å². The molecule has 2 saturated carbocycles. The maximum Gasteiger partial charge on any atom is 0.408 e. The van der Waals surface area contributed by atoms with Gasteiger partial charge < -0.3 is 35.3 Å². The first-order chi connectivity index (χ1) is 15.8. The van der Waals surface area contributed by atoms with Gasteiger partial charge in [-0.2, -0.15) is 0 Å². The van der Waals surface area contributed by atoms with E-state index in [1.165, 1.54) is 6.92 Å². The van der Waals surface area contributed by atoms with Gasteiger partial charge in [0.05, 0.1) is 25.2 Å². The van der Waals surface area contributed by atoms with Crippen LogP contribution in [0, 0.1) is 17.8 Å². The van der Waals surface area contributed by atoms with E-state index in [2.05, 4.69) is 16.0 Å². The summed E-state index contributed by atoms with van der Waals surface area (Å²) in [5.74, 6) is -4.62. The van der Waals surface area contributed by atoms with Crippen LogP contribution in [-0.2, 0) is 33.4 Å². The molecule has 2 aliphatic rings. The monoisotopic (exact) mass is 485 g/mol. The van der Waals surface area contributed by atoms with Crippen LogP contribution in [0.15, 0.2) is 0 Å². The Hall–Kier alpha value is -2.89. The zero-order valence-electron chi connectivity index (χ0n) is 20.4. The average molecular weight is 486 g/mol. The minimum absolute atomic E-state index is 0.0383. The molecule has 0 unspecified atom stereocenters. The maximum atomic E-state index is 12.9. The number of ether oxygens (including phenoxy) is 3. The summed E-state index contributed by atoms with van der Waals surface area (Å²) in [7, 11) is 0. The molecule has 0 saturated heterocycles. The molecule has 2 fully saturated rings. The van der Waals surface area contributed by atoms with Gasteiger partial charge in [0, 0.05) is 18.3 Å². The van der Waals surface area contributed by atoms with Gasteiger partial charge in [-0.1, -0.05) is 0 Å². The third-order valence-corrected chi connectivity index (χ3v) is 5.73. The molecule has 0 aromatic heterocycles. The highest BCUT2D eigenvalue weighted by Crippen LogP contribution is 2.63. The molecule has 0 bridgehead atoms. The van der Waals surface area contributed by atoms with E-state index in [-0.39, 0.29) is 19.6 Å². The minimum atomic E-state index is -1.62. The van der Waals surface area contributed by atoms with Crippen molar-refractivity contribution in [3.05, 3.63) is 0 Å². The Labute approximate surface area is 198 Å². The number of alkyl carbamates (subject to hydrolysis) is 1. The zero-order valence-corrected chi connectivity index (χ0v) is 20.4. The van der Waals surface area contributed by atoms with Crippen molar-refractivity contribution in [1.82, 2.24) is 16.0 Å². The summed E-state index contributed by atoms with van der Waals surface area (Å²) < 4.78 is 15.3. The molecular weight excluding hydrogens is 450 g/mol. The number of aliphatic hydroxyl groups is 1. The number of carbonyl (C=O) groups is 5. The number of carbonyl (C=O) groups excluding carboxylic acids is 5. The smallest absolute Gasteiger partial charge is 0.408 e. The highest BCUT2D eigenvalue weighted by atomic mass is 16.6. The molecule has 0 aromatic carbocycles. The van der Waals surface area contributed by atoms with Crippen molar-refractivity contribution in [2.75, 3.05) is 19.8 Å². The van der Waals surface area contributed by atoms with E-state index in [9.17, 15) is 29.1 Å². The predicted molar refractivity (Wildman–Crippen MR) is 117 cm³/mol. The Kier molecular flexibility index (Phi) is 8.51. The lowest BCUT2D eigenvalue weighted by Crippen LogP contribution is -2.61. The van der Waals surface area contributed by atoms with Gasteiger partial charge in [-0.25, -0.2) is 9.59 Å². The summed E-state index contributed by atoms with van der Waals surface area (Å²) >= 11 is 0. The number of aliphatic hydroxyl groups excluding tert-OH is 1. The Bertz CT molecular complexity index is 825. The van der Waals surface area contributed by atoms with Gasteiger partial charge >= 0.3 is 18.0 Å². The normalized spacial score (nSPS) is 28.1. The van der Waals surface area contributed by atoms with E-state index in [1.54, 1.807) is 34.6 Å². The lowest BCUT2D eigenvalue weighted by Gasteiger charge is -2.32. The molecule has 12 heteroatoms. The quantitative estimate of drug-likeness (QED) is 0.251. The number of rotatable bonds is 9. The second kappa shape index (κ2) is 10.6. The van der Waals surface area contributed by atoms with Crippen molar-refractivity contribution >= 4 is 29.8 Å². The molecule has 4 N–H and O–H groups in total. The number of esters is 2. The molecule has 2 rings (SSSR count). The van der Waals surface area contributed by atoms with Crippen LogP contribution in [0.3, 0.4) is 0 Å². The third kappa shape index (κ3) is 6.16. The molecule has 0 heterocycles. The van der Waals surface area contributed by atoms with Gasteiger partial charge in [-0.3, -0.25) is 14.4 Å². The fraction of sp³-hybridized carbons (Fsp3) is 0.773. The average Bonchev–Trinajstić information content (AvgIpc) is 3.40. The van der Waals surface area contributed by atoms with E-state index >= 15 is 0 Å². The molecule has 2 aliphatic carbocycles. The molecule has 0 aromatic rings. The Morgan fingerprint density at radius 1 is 1.09 bits per heavy atom. The fourth-order valence-corrected chi connectivity index (χ4v) is 4.41. The highest BCUT2D eigenvalue weighted by Gasteiger charge is 2.76. The first kappa shape index (κ1) is 27.4. The molecule has 3 amide bonds. The van der Waals surface area contributed by atoms with E-state index in [0.29, 0.717) is 0 Å². The number of hydrogen-bond acceptors (Lipinski definition) is 9. The van der Waals surface area contributed by atoms with Crippen LogP contribution in [0.5, 0.6) is 0 Å². The van der Waals surface area contributed by atoms with Crippen molar-refractivity contribution in [3.63, 3.8) is 0 Å². The van der Waals surface area contributed by atoms with Crippen molar-refractivity contribution in [3.8, 4) is 0 Å². The molecule has 0 radical (unpaired) electrons. The number of amides is 3. The van der Waals surface area contributed by atoms with Gasteiger partial charge in [0.1, 0.15) is 23.7 Å². The minimum Gasteiger partial charge on any atom is -0.466 e. The van der Waals surface area contributed by atoms with E-state index in [0.717, 1.165) is 0 Å². The molecule has 34 heavy (non-hydrogen) atoms. The Balaban J connectivity index is 2.05. The van der Waals surface area contributed by atoms with Crippen molar-refractivity contribution in [1.29, 1.82) is 0 Å². The number of hydrogen-bond donors (Lipinski definition) is 4. The summed E-state index contributed by atoms with van der Waals surface area (Å²) in [6, 6.07) is -1.09.